The molecule has 2 heteroatoms. The molecule has 0 aromatic carbocycles. The van der Waals surface area contributed by atoms with Crippen molar-refractivity contribution in [1.82, 2.24) is 4.90 Å². The van der Waals surface area contributed by atoms with Gasteiger partial charge >= 0.3 is 0 Å². The lowest BCUT2D eigenvalue weighted by Gasteiger charge is -2.26. The quantitative estimate of drug-likeness (QED) is 0.496. The third-order valence-corrected chi connectivity index (χ3v) is 2.58. The summed E-state index contributed by atoms with van der Waals surface area (Å²) in [7, 11) is 0. The van der Waals surface area contributed by atoms with Crippen LogP contribution in [0.4, 0.5) is 0 Å². The molecule has 1 aliphatic rings. The number of morpholine rings is 1. The van der Waals surface area contributed by atoms with Gasteiger partial charge in [-0.1, -0.05) is 11.6 Å². The average Bonchev–Trinajstić information content (AvgIpc) is 2.18. The van der Waals surface area contributed by atoms with Crippen LogP contribution in [0.3, 0.4) is 0 Å². The van der Waals surface area contributed by atoms with Crippen molar-refractivity contribution >= 4 is 0 Å². The first-order valence-electron chi connectivity index (χ1n) is 5.72. The monoisotopic (exact) mass is 197 g/mol. The molecule has 0 bridgehead atoms. The molecule has 1 aliphatic heterocycles. The van der Waals surface area contributed by atoms with Gasteiger partial charge in [-0.2, -0.15) is 0 Å². The number of allylic oxidation sites excluding steroid dienone is 2. The van der Waals surface area contributed by atoms with E-state index >= 15 is 0 Å². The molecule has 82 valence electrons. The Morgan fingerprint density at radius 3 is 2.57 bits per heavy atom. The molecule has 0 spiro atoms. The first kappa shape index (κ1) is 11.7. The SMILES string of the molecule is CC(C)=CCCCCN1CCOCC1. The summed E-state index contributed by atoms with van der Waals surface area (Å²) >= 11 is 0. The molecule has 0 aromatic rings. The summed E-state index contributed by atoms with van der Waals surface area (Å²) in [6.45, 7) is 9.69. The Kier molecular flexibility index (Phi) is 5.88. The molecule has 1 rings (SSSR count). The number of hydrogen-bond acceptors (Lipinski definition) is 2. The zero-order chi connectivity index (χ0) is 10.2. The van der Waals surface area contributed by atoms with E-state index in [1.807, 2.05) is 0 Å². The average molecular weight is 197 g/mol. The maximum atomic E-state index is 5.31. The minimum Gasteiger partial charge on any atom is -0.379 e. The van der Waals surface area contributed by atoms with Gasteiger partial charge in [0.2, 0.25) is 0 Å². The molecule has 0 amide bonds. The molecule has 0 radical (unpaired) electrons. The molecular formula is C12H23NO. The van der Waals surface area contributed by atoms with Gasteiger partial charge < -0.3 is 4.74 Å². The third kappa shape index (κ3) is 5.40. The fourth-order valence-electron chi connectivity index (χ4n) is 1.70. The van der Waals surface area contributed by atoms with Crippen LogP contribution in [0, 0.1) is 0 Å². The van der Waals surface area contributed by atoms with Gasteiger partial charge in [0.1, 0.15) is 0 Å². The predicted molar refractivity (Wildman–Crippen MR) is 60.5 cm³/mol. The molecule has 1 fully saturated rings. The van der Waals surface area contributed by atoms with Crippen LogP contribution in [-0.4, -0.2) is 37.7 Å². The highest BCUT2D eigenvalue weighted by Gasteiger charge is 2.08. The van der Waals surface area contributed by atoms with E-state index in [4.69, 9.17) is 4.74 Å². The van der Waals surface area contributed by atoms with Gasteiger partial charge in [-0.15, -0.1) is 0 Å². The van der Waals surface area contributed by atoms with E-state index in [0.717, 1.165) is 26.3 Å². The molecule has 14 heavy (non-hydrogen) atoms. The largest absolute Gasteiger partial charge is 0.379 e. The Bertz CT molecular complexity index is 167. The first-order valence-corrected chi connectivity index (χ1v) is 5.72. The van der Waals surface area contributed by atoms with Crippen molar-refractivity contribution in [1.29, 1.82) is 0 Å². The van der Waals surface area contributed by atoms with E-state index in [0.29, 0.717) is 0 Å². The lowest BCUT2D eigenvalue weighted by Crippen LogP contribution is -2.36. The topological polar surface area (TPSA) is 12.5 Å². The summed E-state index contributed by atoms with van der Waals surface area (Å²) in [4.78, 5) is 2.51. The minimum absolute atomic E-state index is 0.925. The minimum atomic E-state index is 0.925. The van der Waals surface area contributed by atoms with Gasteiger partial charge in [0.15, 0.2) is 0 Å². The molecular weight excluding hydrogens is 174 g/mol. The summed E-state index contributed by atoms with van der Waals surface area (Å²) in [5, 5.41) is 0. The normalized spacial score (nSPS) is 18.1. The maximum absolute atomic E-state index is 5.31. The third-order valence-electron chi connectivity index (χ3n) is 2.58. The Morgan fingerprint density at radius 2 is 1.93 bits per heavy atom. The zero-order valence-corrected chi connectivity index (χ0v) is 9.59. The zero-order valence-electron chi connectivity index (χ0n) is 9.59. The van der Waals surface area contributed by atoms with E-state index in [-0.39, 0.29) is 0 Å². The van der Waals surface area contributed by atoms with Crippen molar-refractivity contribution in [3.8, 4) is 0 Å². The van der Waals surface area contributed by atoms with Crippen molar-refractivity contribution in [2.75, 3.05) is 32.8 Å². The van der Waals surface area contributed by atoms with Gasteiger partial charge in [0, 0.05) is 13.1 Å². The Hall–Kier alpha value is -0.340. The number of hydrogen-bond donors (Lipinski definition) is 0. The Morgan fingerprint density at radius 1 is 1.21 bits per heavy atom. The van der Waals surface area contributed by atoms with Crippen LogP contribution < -0.4 is 0 Å². The van der Waals surface area contributed by atoms with Crippen molar-refractivity contribution in [2.45, 2.75) is 33.1 Å². The van der Waals surface area contributed by atoms with Gasteiger partial charge in [-0.25, -0.2) is 0 Å². The summed E-state index contributed by atoms with van der Waals surface area (Å²) in [5.41, 5.74) is 1.44. The van der Waals surface area contributed by atoms with E-state index in [2.05, 4.69) is 24.8 Å². The fourth-order valence-corrected chi connectivity index (χ4v) is 1.70. The second-order valence-electron chi connectivity index (χ2n) is 4.23. The van der Waals surface area contributed by atoms with E-state index < -0.39 is 0 Å². The smallest absolute Gasteiger partial charge is 0.0594 e. The molecule has 0 saturated carbocycles. The molecule has 0 N–H and O–H groups in total. The van der Waals surface area contributed by atoms with Crippen molar-refractivity contribution in [3.05, 3.63) is 11.6 Å². The van der Waals surface area contributed by atoms with E-state index in [1.54, 1.807) is 0 Å². The van der Waals surface area contributed by atoms with Crippen LogP contribution in [-0.2, 0) is 4.74 Å². The highest BCUT2D eigenvalue weighted by atomic mass is 16.5. The Balaban J connectivity index is 1.95. The van der Waals surface area contributed by atoms with Crippen molar-refractivity contribution < 1.29 is 4.74 Å². The van der Waals surface area contributed by atoms with Crippen LogP contribution in [0.5, 0.6) is 0 Å². The second-order valence-corrected chi connectivity index (χ2v) is 4.23. The van der Waals surface area contributed by atoms with Gasteiger partial charge in [-0.05, 0) is 39.7 Å². The predicted octanol–water partition coefficient (Wildman–Crippen LogP) is 2.46. The Labute approximate surface area is 87.9 Å². The summed E-state index contributed by atoms with van der Waals surface area (Å²) in [6, 6.07) is 0. The molecule has 0 aromatic heterocycles. The standard InChI is InChI=1S/C12H23NO/c1-12(2)6-4-3-5-7-13-8-10-14-11-9-13/h6H,3-5,7-11H2,1-2H3. The molecule has 0 atom stereocenters. The number of unbranched alkanes of at least 4 members (excludes halogenated alkanes) is 2. The summed E-state index contributed by atoms with van der Waals surface area (Å²) in [6.07, 6.45) is 6.22. The summed E-state index contributed by atoms with van der Waals surface area (Å²) < 4.78 is 5.31. The van der Waals surface area contributed by atoms with E-state index in [1.165, 1.54) is 31.4 Å². The fraction of sp³-hybridized carbons (Fsp3) is 0.833. The molecule has 1 heterocycles. The summed E-state index contributed by atoms with van der Waals surface area (Å²) in [5.74, 6) is 0. The van der Waals surface area contributed by atoms with Crippen LogP contribution in [0.25, 0.3) is 0 Å². The molecule has 0 aliphatic carbocycles. The van der Waals surface area contributed by atoms with Crippen LogP contribution in [0.15, 0.2) is 11.6 Å². The highest BCUT2D eigenvalue weighted by Crippen LogP contribution is 2.04. The molecule has 1 saturated heterocycles. The number of rotatable bonds is 5. The van der Waals surface area contributed by atoms with Crippen LogP contribution in [0.2, 0.25) is 0 Å². The van der Waals surface area contributed by atoms with Crippen molar-refractivity contribution in [2.24, 2.45) is 0 Å². The van der Waals surface area contributed by atoms with Crippen molar-refractivity contribution in [3.63, 3.8) is 0 Å². The van der Waals surface area contributed by atoms with Crippen LogP contribution >= 0.6 is 0 Å². The second kappa shape index (κ2) is 7.02. The van der Waals surface area contributed by atoms with Gasteiger partial charge in [0.25, 0.3) is 0 Å². The lowest BCUT2D eigenvalue weighted by atomic mass is 10.2. The van der Waals surface area contributed by atoms with Crippen LogP contribution in [0.1, 0.15) is 33.1 Å². The lowest BCUT2D eigenvalue weighted by molar-refractivity contribution is 0.0372. The molecule has 2 nitrogen and oxygen atoms in total. The highest BCUT2D eigenvalue weighted by molar-refractivity contribution is 4.92. The maximum Gasteiger partial charge on any atom is 0.0594 e. The van der Waals surface area contributed by atoms with Gasteiger partial charge in [-0.3, -0.25) is 4.90 Å². The number of nitrogens with zero attached hydrogens (tertiary/aromatic N) is 1. The number of ether oxygens (including phenoxy) is 1. The van der Waals surface area contributed by atoms with Gasteiger partial charge in [0.05, 0.1) is 13.2 Å². The first-order chi connectivity index (χ1) is 6.79. The molecule has 0 unspecified atom stereocenters. The van der Waals surface area contributed by atoms with E-state index in [9.17, 15) is 0 Å².